The van der Waals surface area contributed by atoms with Gasteiger partial charge in [0.2, 0.25) is 5.84 Å². The number of nitrogens with zero attached hydrogens (tertiary/aromatic N) is 3. The van der Waals surface area contributed by atoms with E-state index < -0.39 is 5.97 Å². The second kappa shape index (κ2) is 12.3. The van der Waals surface area contributed by atoms with E-state index in [-0.39, 0.29) is 5.57 Å². The molecule has 0 radical (unpaired) electrons. The number of carboxylic acids is 1. The number of quaternary nitrogens is 1. The summed E-state index contributed by atoms with van der Waals surface area (Å²) in [4.78, 5) is 13.9. The molecule has 0 spiro atoms. The highest BCUT2D eigenvalue weighted by Crippen LogP contribution is 2.32. The Morgan fingerprint density at radius 2 is 1.43 bits per heavy atom. The highest BCUT2D eigenvalue weighted by molar-refractivity contribution is 6.19. The first-order valence-corrected chi connectivity index (χ1v) is 12.3. The number of rotatable bonds is 15. The molecule has 0 aliphatic carbocycles. The van der Waals surface area contributed by atoms with Gasteiger partial charge in [-0.25, -0.2) is 0 Å². The van der Waals surface area contributed by atoms with Crippen LogP contribution < -0.4 is 5.11 Å². The highest BCUT2D eigenvalue weighted by Gasteiger charge is 2.42. The number of carbonyl (C=O) groups is 1. The van der Waals surface area contributed by atoms with Crippen LogP contribution in [0.5, 0.6) is 0 Å². The van der Waals surface area contributed by atoms with Gasteiger partial charge in [0, 0.05) is 11.3 Å². The van der Waals surface area contributed by atoms with Crippen LogP contribution in [0, 0.1) is 0 Å². The summed E-state index contributed by atoms with van der Waals surface area (Å²) in [5, 5.41) is 16.9. The Labute approximate surface area is 184 Å². The summed E-state index contributed by atoms with van der Waals surface area (Å²) < 4.78 is 0.645. The lowest BCUT2D eigenvalue weighted by molar-refractivity contribution is -0.935. The molecule has 2 rings (SSSR count). The van der Waals surface area contributed by atoms with Crippen molar-refractivity contribution in [3.05, 3.63) is 22.9 Å². The lowest BCUT2D eigenvalue weighted by Crippen LogP contribution is -2.46. The molecule has 0 fully saturated rings. The molecular formula is C25H43N3O2. The maximum Gasteiger partial charge on any atom is 0.202 e. The average molecular weight is 418 g/mol. The standard InChI is InChI=1S/C25H43N3O2/c1-5-7-9-11-13-15-17-28(18-16-14-12-10-8-6-2)20-27-22(4)19-21(3)23(25(29)30)24(27)26-28/h19H,5-18,20H2,1-4H3. The van der Waals surface area contributed by atoms with Crippen molar-refractivity contribution in [3.63, 3.8) is 0 Å². The minimum Gasteiger partial charge on any atom is -0.545 e. The summed E-state index contributed by atoms with van der Waals surface area (Å²) in [5.41, 5.74) is 2.11. The van der Waals surface area contributed by atoms with Gasteiger partial charge in [0.1, 0.15) is 13.1 Å². The lowest BCUT2D eigenvalue weighted by atomic mass is 10.0. The van der Waals surface area contributed by atoms with Crippen LogP contribution in [0.25, 0.3) is 0 Å². The van der Waals surface area contributed by atoms with E-state index in [1.807, 2.05) is 13.0 Å². The van der Waals surface area contributed by atoms with Gasteiger partial charge in [0.15, 0.2) is 6.67 Å². The molecule has 0 aromatic carbocycles. The summed E-state index contributed by atoms with van der Waals surface area (Å²) in [6.07, 6.45) is 17.1. The van der Waals surface area contributed by atoms with Crippen LogP contribution in [0.15, 0.2) is 28.0 Å². The Kier molecular flexibility index (Phi) is 10.1. The first kappa shape index (κ1) is 24.6. The van der Waals surface area contributed by atoms with Gasteiger partial charge in [-0.2, -0.15) is 4.59 Å². The summed E-state index contributed by atoms with van der Waals surface area (Å²) in [6.45, 7) is 11.1. The molecule has 30 heavy (non-hydrogen) atoms. The van der Waals surface area contributed by atoms with E-state index in [0.717, 1.165) is 43.9 Å². The zero-order chi connectivity index (χ0) is 22.0. The number of amidine groups is 1. The van der Waals surface area contributed by atoms with Gasteiger partial charge in [-0.15, -0.1) is 0 Å². The smallest absolute Gasteiger partial charge is 0.202 e. The molecule has 5 nitrogen and oxygen atoms in total. The number of hydrogen-bond acceptors (Lipinski definition) is 4. The van der Waals surface area contributed by atoms with Gasteiger partial charge in [0.25, 0.3) is 0 Å². The molecule has 0 unspecified atom stereocenters. The summed E-state index contributed by atoms with van der Waals surface area (Å²) in [7, 11) is 0. The fraction of sp³-hybridized carbons (Fsp3) is 0.760. The Morgan fingerprint density at radius 3 is 1.93 bits per heavy atom. The fourth-order valence-electron chi connectivity index (χ4n) is 4.70. The number of aliphatic carboxylic acids is 1. The van der Waals surface area contributed by atoms with Crippen molar-refractivity contribution in [2.24, 2.45) is 5.10 Å². The van der Waals surface area contributed by atoms with Crippen LogP contribution in [0.4, 0.5) is 0 Å². The molecule has 0 aromatic rings. The molecule has 0 amide bonds. The third-order valence-electron chi connectivity index (χ3n) is 6.50. The first-order chi connectivity index (χ1) is 14.4. The molecule has 0 saturated heterocycles. The lowest BCUT2D eigenvalue weighted by Gasteiger charge is -2.31. The molecule has 2 aliphatic heterocycles. The van der Waals surface area contributed by atoms with E-state index in [1.165, 1.54) is 64.2 Å². The molecule has 0 atom stereocenters. The molecule has 0 bridgehead atoms. The van der Waals surface area contributed by atoms with Crippen molar-refractivity contribution in [1.82, 2.24) is 4.90 Å². The number of allylic oxidation sites excluding steroid dienone is 3. The first-order valence-electron chi connectivity index (χ1n) is 12.3. The normalized spacial score (nSPS) is 17.8. The van der Waals surface area contributed by atoms with Gasteiger partial charge in [-0.3, -0.25) is 4.90 Å². The fourth-order valence-corrected chi connectivity index (χ4v) is 4.70. The van der Waals surface area contributed by atoms with E-state index in [0.29, 0.717) is 10.4 Å². The van der Waals surface area contributed by atoms with Crippen LogP contribution in [0.1, 0.15) is 105 Å². The number of unbranched alkanes of at least 4 members (excludes halogenated alkanes) is 10. The van der Waals surface area contributed by atoms with E-state index in [2.05, 4.69) is 25.7 Å². The SMILES string of the molecule is CCCCCCCC[N+]1(CCCCCCCC)CN2C(C)=CC(C)=C(C(=O)[O-])C2=N1. The molecular weight excluding hydrogens is 374 g/mol. The van der Waals surface area contributed by atoms with Crippen LogP contribution >= 0.6 is 0 Å². The van der Waals surface area contributed by atoms with Crippen molar-refractivity contribution < 1.29 is 14.5 Å². The number of fused-ring (bicyclic) bond motifs is 1. The molecule has 0 aromatic heterocycles. The molecule has 0 saturated carbocycles. The monoisotopic (exact) mass is 417 g/mol. The topological polar surface area (TPSA) is 55.7 Å². The van der Waals surface area contributed by atoms with Crippen LogP contribution in [0.3, 0.4) is 0 Å². The Hall–Kier alpha value is -1.62. The van der Waals surface area contributed by atoms with Crippen LogP contribution in [0.2, 0.25) is 0 Å². The predicted octanol–water partition coefficient (Wildman–Crippen LogP) is 5.09. The maximum atomic E-state index is 11.8. The van der Waals surface area contributed by atoms with Crippen molar-refractivity contribution in [3.8, 4) is 0 Å². The quantitative estimate of drug-likeness (QED) is 0.275. The van der Waals surface area contributed by atoms with Crippen LogP contribution in [-0.2, 0) is 4.79 Å². The summed E-state index contributed by atoms with van der Waals surface area (Å²) >= 11 is 0. The Balaban J connectivity index is 2.09. The maximum absolute atomic E-state index is 11.8. The van der Waals surface area contributed by atoms with Crippen molar-refractivity contribution >= 4 is 11.8 Å². The van der Waals surface area contributed by atoms with E-state index in [1.54, 1.807) is 0 Å². The minimum absolute atomic E-state index is 0.270. The van der Waals surface area contributed by atoms with E-state index >= 15 is 0 Å². The van der Waals surface area contributed by atoms with Crippen LogP contribution in [-0.4, -0.2) is 41.1 Å². The molecule has 2 heterocycles. The number of carboxylic acid groups (broad SMARTS) is 1. The van der Waals surface area contributed by atoms with Gasteiger partial charge in [-0.05, 0) is 51.2 Å². The summed E-state index contributed by atoms with van der Waals surface area (Å²) in [6, 6.07) is 0. The molecule has 0 N–H and O–H groups in total. The third-order valence-corrected chi connectivity index (χ3v) is 6.50. The predicted molar refractivity (Wildman–Crippen MR) is 122 cm³/mol. The summed E-state index contributed by atoms with van der Waals surface area (Å²) in [5.74, 6) is -0.497. The largest absolute Gasteiger partial charge is 0.545 e. The van der Waals surface area contributed by atoms with Crippen molar-refractivity contribution in [2.45, 2.75) is 105 Å². The van der Waals surface area contributed by atoms with Crippen molar-refractivity contribution in [2.75, 3.05) is 19.8 Å². The zero-order valence-electron chi connectivity index (χ0n) is 19.8. The van der Waals surface area contributed by atoms with E-state index in [4.69, 9.17) is 5.10 Å². The van der Waals surface area contributed by atoms with Gasteiger partial charge >= 0.3 is 0 Å². The second-order valence-electron chi connectivity index (χ2n) is 9.20. The van der Waals surface area contributed by atoms with Gasteiger partial charge in [0.05, 0.1) is 5.97 Å². The minimum atomic E-state index is -1.11. The Morgan fingerprint density at radius 1 is 0.933 bits per heavy atom. The Bertz CT molecular complexity index is 647. The van der Waals surface area contributed by atoms with Crippen molar-refractivity contribution in [1.29, 1.82) is 0 Å². The molecule has 170 valence electrons. The second-order valence-corrected chi connectivity index (χ2v) is 9.20. The molecule has 2 aliphatic rings. The number of hydrogen-bond donors (Lipinski definition) is 0. The van der Waals surface area contributed by atoms with E-state index in [9.17, 15) is 9.90 Å². The van der Waals surface area contributed by atoms with Gasteiger partial charge in [-0.1, -0.05) is 70.3 Å². The zero-order valence-corrected chi connectivity index (χ0v) is 19.8. The highest BCUT2D eigenvalue weighted by atomic mass is 16.4. The third kappa shape index (κ3) is 6.69. The molecule has 5 heteroatoms. The average Bonchev–Trinajstić information content (AvgIpc) is 3.07. The number of carbonyl (C=O) groups excluding carboxylic acids is 1. The van der Waals surface area contributed by atoms with Gasteiger partial charge < -0.3 is 9.90 Å².